The lowest BCUT2D eigenvalue weighted by Gasteiger charge is -2.22. The summed E-state index contributed by atoms with van der Waals surface area (Å²) >= 11 is 7.27. The molecular weight excluding hydrogens is 346 g/mol. The van der Waals surface area contributed by atoms with Crippen molar-refractivity contribution in [3.63, 3.8) is 0 Å². The molecule has 2 aromatic rings. The fourth-order valence-electron chi connectivity index (χ4n) is 1.98. The van der Waals surface area contributed by atoms with Gasteiger partial charge in [0, 0.05) is 10.6 Å². The van der Waals surface area contributed by atoms with Gasteiger partial charge in [-0.15, -0.1) is 23.4 Å². The molecule has 0 bridgehead atoms. The number of rotatable bonds is 8. The van der Waals surface area contributed by atoms with E-state index >= 15 is 0 Å². The number of ether oxygens (including phenoxy) is 1. The van der Waals surface area contributed by atoms with E-state index in [-0.39, 0.29) is 12.5 Å². The highest BCUT2D eigenvalue weighted by molar-refractivity contribution is 7.99. The minimum Gasteiger partial charge on any atom is -0.445 e. The van der Waals surface area contributed by atoms with Gasteiger partial charge in [0.15, 0.2) is 0 Å². The van der Waals surface area contributed by atoms with Gasteiger partial charge < -0.3 is 15.2 Å². The number of alkyl carbamates (subject to hydrolysis) is 1. The maximum atomic E-state index is 12.0. The fraction of sp³-hybridized carbons (Fsp3) is 0.278. The van der Waals surface area contributed by atoms with Gasteiger partial charge in [0.2, 0.25) is 0 Å². The second-order valence-corrected chi connectivity index (χ2v) is 6.56. The molecule has 0 fully saturated rings. The highest BCUT2D eigenvalue weighted by Crippen LogP contribution is 2.19. The van der Waals surface area contributed by atoms with Gasteiger partial charge in [0.25, 0.3) is 0 Å². The van der Waals surface area contributed by atoms with Crippen LogP contribution in [-0.2, 0) is 11.3 Å². The van der Waals surface area contributed by atoms with E-state index in [0.29, 0.717) is 5.75 Å². The van der Waals surface area contributed by atoms with Crippen molar-refractivity contribution in [2.75, 3.05) is 11.6 Å². The third kappa shape index (κ3) is 6.43. The molecule has 2 atom stereocenters. The molecule has 2 aromatic carbocycles. The Morgan fingerprint density at radius 3 is 2.38 bits per heavy atom. The van der Waals surface area contributed by atoms with Crippen LogP contribution in [0.15, 0.2) is 65.6 Å². The van der Waals surface area contributed by atoms with Gasteiger partial charge in [0.05, 0.1) is 18.0 Å². The number of aliphatic hydroxyl groups excluding tert-OH is 1. The van der Waals surface area contributed by atoms with E-state index in [1.165, 1.54) is 11.8 Å². The van der Waals surface area contributed by atoms with E-state index in [1.54, 1.807) is 0 Å². The van der Waals surface area contributed by atoms with Gasteiger partial charge in [-0.1, -0.05) is 48.5 Å². The van der Waals surface area contributed by atoms with Crippen molar-refractivity contribution in [1.82, 2.24) is 5.32 Å². The molecule has 2 N–H and O–H groups in total. The van der Waals surface area contributed by atoms with E-state index < -0.39 is 18.2 Å². The Morgan fingerprint density at radius 1 is 1.12 bits per heavy atom. The number of alkyl halides is 1. The lowest BCUT2D eigenvalue weighted by Crippen LogP contribution is -2.46. The maximum absolute atomic E-state index is 12.0. The van der Waals surface area contributed by atoms with Crippen molar-refractivity contribution in [2.45, 2.75) is 23.6 Å². The smallest absolute Gasteiger partial charge is 0.407 e. The maximum Gasteiger partial charge on any atom is 0.407 e. The quantitative estimate of drug-likeness (QED) is 0.553. The Morgan fingerprint density at radius 2 is 1.75 bits per heavy atom. The lowest BCUT2D eigenvalue weighted by atomic mass is 10.2. The molecule has 2 rings (SSSR count). The first-order valence-corrected chi connectivity index (χ1v) is 9.10. The number of nitrogens with one attached hydrogen (secondary N) is 1. The van der Waals surface area contributed by atoms with Crippen LogP contribution < -0.4 is 5.32 Å². The van der Waals surface area contributed by atoms with Crippen molar-refractivity contribution in [1.29, 1.82) is 0 Å². The highest BCUT2D eigenvalue weighted by atomic mass is 35.5. The number of thioether (sulfide) groups is 1. The van der Waals surface area contributed by atoms with E-state index in [9.17, 15) is 9.90 Å². The number of hydrogen-bond acceptors (Lipinski definition) is 4. The molecule has 0 heterocycles. The van der Waals surface area contributed by atoms with Gasteiger partial charge in [-0.3, -0.25) is 0 Å². The predicted octanol–water partition coefficient (Wildman–Crippen LogP) is 3.67. The number of halogens is 1. The molecule has 24 heavy (non-hydrogen) atoms. The summed E-state index contributed by atoms with van der Waals surface area (Å²) in [5.41, 5.74) is 0.903. The van der Waals surface area contributed by atoms with Gasteiger partial charge in [-0.2, -0.15) is 0 Å². The normalized spacial score (nSPS) is 13.1. The zero-order valence-electron chi connectivity index (χ0n) is 13.1. The zero-order valence-corrected chi connectivity index (χ0v) is 14.7. The number of amides is 1. The number of carbonyl (C=O) groups excluding carboxylic acids is 1. The Balaban J connectivity index is 1.84. The number of benzene rings is 2. The number of carbonyl (C=O) groups is 1. The largest absolute Gasteiger partial charge is 0.445 e. The third-order valence-corrected chi connectivity index (χ3v) is 4.76. The van der Waals surface area contributed by atoms with Gasteiger partial charge in [-0.05, 0) is 17.7 Å². The molecule has 1 amide bonds. The molecule has 4 nitrogen and oxygen atoms in total. The van der Waals surface area contributed by atoms with Gasteiger partial charge in [0.1, 0.15) is 6.61 Å². The van der Waals surface area contributed by atoms with Crippen molar-refractivity contribution in [2.24, 2.45) is 0 Å². The Kier molecular flexibility index (Phi) is 7.95. The van der Waals surface area contributed by atoms with Crippen molar-refractivity contribution in [3.8, 4) is 0 Å². The molecule has 128 valence electrons. The van der Waals surface area contributed by atoms with Crippen LogP contribution in [-0.4, -0.2) is 35.0 Å². The molecular formula is C18H20ClNO3S. The SMILES string of the molecule is O=C(N[C@@H](CSc1ccccc1)[C@H](O)CCl)OCc1ccccc1. The molecule has 0 radical (unpaired) electrons. The number of aliphatic hydroxyl groups is 1. The van der Waals surface area contributed by atoms with E-state index in [2.05, 4.69) is 5.32 Å². The van der Waals surface area contributed by atoms with Crippen LogP contribution in [0.3, 0.4) is 0 Å². The molecule has 0 saturated heterocycles. The molecule has 0 aliphatic rings. The molecule has 6 heteroatoms. The summed E-state index contributed by atoms with van der Waals surface area (Å²) in [4.78, 5) is 13.0. The zero-order chi connectivity index (χ0) is 17.2. The van der Waals surface area contributed by atoms with Crippen molar-refractivity contribution >= 4 is 29.5 Å². The Hall–Kier alpha value is -1.69. The average molecular weight is 366 g/mol. The first-order valence-electron chi connectivity index (χ1n) is 7.58. The van der Waals surface area contributed by atoms with Crippen molar-refractivity contribution in [3.05, 3.63) is 66.2 Å². The van der Waals surface area contributed by atoms with E-state index in [4.69, 9.17) is 16.3 Å². The van der Waals surface area contributed by atoms with Gasteiger partial charge >= 0.3 is 6.09 Å². The second kappa shape index (κ2) is 10.2. The summed E-state index contributed by atoms with van der Waals surface area (Å²) in [6.07, 6.45) is -1.41. The second-order valence-electron chi connectivity index (χ2n) is 5.16. The fourth-order valence-corrected chi connectivity index (χ4v) is 3.22. The van der Waals surface area contributed by atoms with Crippen LogP contribution >= 0.6 is 23.4 Å². The molecule has 0 aliphatic heterocycles. The van der Waals surface area contributed by atoms with Crippen LogP contribution in [0.2, 0.25) is 0 Å². The standard InChI is InChI=1S/C18H20ClNO3S/c19-11-17(21)16(13-24-15-9-5-2-6-10-15)20-18(22)23-12-14-7-3-1-4-8-14/h1-10,16-17,21H,11-13H2,(H,20,22)/t16-,17+/m0/s1. The molecule has 0 aromatic heterocycles. The monoisotopic (exact) mass is 365 g/mol. The van der Waals surface area contributed by atoms with E-state index in [1.807, 2.05) is 60.7 Å². The third-order valence-electron chi connectivity index (χ3n) is 3.31. The summed E-state index contributed by atoms with van der Waals surface area (Å²) in [5, 5.41) is 12.7. The minimum absolute atomic E-state index is 0.0407. The molecule has 0 spiro atoms. The highest BCUT2D eigenvalue weighted by Gasteiger charge is 2.21. The predicted molar refractivity (Wildman–Crippen MR) is 97.4 cm³/mol. The van der Waals surface area contributed by atoms with Crippen LogP contribution in [0.25, 0.3) is 0 Å². The van der Waals surface area contributed by atoms with Crippen molar-refractivity contribution < 1.29 is 14.6 Å². The van der Waals surface area contributed by atoms with Crippen LogP contribution in [0.1, 0.15) is 5.56 Å². The van der Waals surface area contributed by atoms with Gasteiger partial charge in [-0.25, -0.2) is 4.79 Å². The Bertz CT molecular complexity index is 612. The minimum atomic E-state index is -0.841. The van der Waals surface area contributed by atoms with Crippen LogP contribution in [0.4, 0.5) is 4.79 Å². The Labute approximate surface area is 151 Å². The summed E-state index contributed by atoms with van der Waals surface area (Å²) in [5.74, 6) is 0.539. The lowest BCUT2D eigenvalue weighted by molar-refractivity contribution is 0.115. The summed E-state index contributed by atoms with van der Waals surface area (Å²) in [6, 6.07) is 18.7. The molecule has 0 saturated carbocycles. The molecule has 0 aliphatic carbocycles. The topological polar surface area (TPSA) is 58.6 Å². The number of hydrogen-bond donors (Lipinski definition) is 2. The summed E-state index contributed by atoms with van der Waals surface area (Å²) < 4.78 is 5.19. The first kappa shape index (κ1) is 18.6. The van der Waals surface area contributed by atoms with Crippen LogP contribution in [0, 0.1) is 0 Å². The first-order chi connectivity index (χ1) is 11.7. The van der Waals surface area contributed by atoms with E-state index in [0.717, 1.165) is 10.5 Å². The summed E-state index contributed by atoms with van der Waals surface area (Å²) in [6.45, 7) is 0.183. The molecule has 0 unspecified atom stereocenters. The average Bonchev–Trinajstić information content (AvgIpc) is 2.64. The summed E-state index contributed by atoms with van der Waals surface area (Å²) in [7, 11) is 0. The van der Waals surface area contributed by atoms with Crippen LogP contribution in [0.5, 0.6) is 0 Å².